The van der Waals surface area contributed by atoms with Crippen LogP contribution in [0.25, 0.3) is 0 Å². The number of carboxylic acid groups (broad SMARTS) is 1. The summed E-state index contributed by atoms with van der Waals surface area (Å²) < 4.78 is 5.98. The van der Waals surface area contributed by atoms with Crippen LogP contribution >= 0.6 is 0 Å². The summed E-state index contributed by atoms with van der Waals surface area (Å²) in [5.74, 6) is 0.516. The molecule has 0 bridgehead atoms. The summed E-state index contributed by atoms with van der Waals surface area (Å²) in [6.07, 6.45) is 0.983. The molecule has 0 amide bonds. The van der Waals surface area contributed by atoms with E-state index in [0.717, 1.165) is 17.7 Å². The van der Waals surface area contributed by atoms with Gasteiger partial charge in [0.25, 0.3) is 0 Å². The zero-order chi connectivity index (χ0) is 16.3. The molecule has 22 heavy (non-hydrogen) atoms. The molecule has 3 nitrogen and oxygen atoms in total. The number of rotatable bonds is 4. The van der Waals surface area contributed by atoms with Crippen LogP contribution in [0.5, 0.6) is 11.5 Å². The maximum absolute atomic E-state index is 10.9. The Labute approximate surface area is 131 Å². The van der Waals surface area contributed by atoms with E-state index in [4.69, 9.17) is 9.84 Å². The number of hydrogen-bond acceptors (Lipinski definition) is 2. The fourth-order valence-electron chi connectivity index (χ4n) is 2.26. The molecule has 0 saturated heterocycles. The summed E-state index contributed by atoms with van der Waals surface area (Å²) in [5.41, 5.74) is 2.65. The molecule has 1 N–H and O–H groups in total. The first kappa shape index (κ1) is 16.1. The van der Waals surface area contributed by atoms with Crippen LogP contribution in [0.15, 0.2) is 42.5 Å². The van der Waals surface area contributed by atoms with Crippen LogP contribution < -0.4 is 4.74 Å². The maximum Gasteiger partial charge on any atom is 0.335 e. The zero-order valence-electron chi connectivity index (χ0n) is 13.5. The van der Waals surface area contributed by atoms with Crippen LogP contribution in [0.1, 0.15) is 49.2 Å². The topological polar surface area (TPSA) is 46.5 Å². The number of benzene rings is 2. The van der Waals surface area contributed by atoms with Crippen LogP contribution in [0, 0.1) is 0 Å². The molecule has 0 aliphatic carbocycles. The predicted octanol–water partition coefficient (Wildman–Crippen LogP) is 5.04. The second-order valence-corrected chi connectivity index (χ2v) is 6.37. The number of carbonyl (C=O) groups is 1. The van der Waals surface area contributed by atoms with Crippen molar-refractivity contribution < 1.29 is 14.6 Å². The third kappa shape index (κ3) is 3.67. The summed E-state index contributed by atoms with van der Waals surface area (Å²) in [6, 6.07) is 12.7. The third-order valence-corrected chi connectivity index (χ3v) is 3.59. The van der Waals surface area contributed by atoms with Gasteiger partial charge in [-0.05, 0) is 47.7 Å². The smallest absolute Gasteiger partial charge is 0.335 e. The van der Waals surface area contributed by atoms with Crippen molar-refractivity contribution in [2.24, 2.45) is 0 Å². The van der Waals surface area contributed by atoms with Crippen LogP contribution in [0.3, 0.4) is 0 Å². The van der Waals surface area contributed by atoms with Gasteiger partial charge in [-0.3, -0.25) is 0 Å². The van der Waals surface area contributed by atoms with Crippen LogP contribution in [0.2, 0.25) is 0 Å². The van der Waals surface area contributed by atoms with Crippen molar-refractivity contribution in [1.82, 2.24) is 0 Å². The minimum absolute atomic E-state index is 0.0263. The molecule has 0 aliphatic rings. The van der Waals surface area contributed by atoms with Crippen LogP contribution in [-0.2, 0) is 11.8 Å². The van der Waals surface area contributed by atoms with E-state index in [1.165, 1.54) is 5.56 Å². The van der Waals surface area contributed by atoms with Crippen LogP contribution in [0.4, 0.5) is 0 Å². The van der Waals surface area contributed by atoms with Crippen molar-refractivity contribution in [2.45, 2.75) is 39.5 Å². The van der Waals surface area contributed by atoms with Crippen LogP contribution in [-0.4, -0.2) is 11.1 Å². The largest absolute Gasteiger partial charge is 0.478 e. The average molecular weight is 298 g/mol. The molecule has 0 aliphatic heterocycles. The molecule has 2 aromatic carbocycles. The molecular formula is C19H22O3. The molecule has 3 heteroatoms. The molecule has 0 radical (unpaired) electrons. The van der Waals surface area contributed by atoms with Gasteiger partial charge in [0.1, 0.15) is 11.5 Å². The van der Waals surface area contributed by atoms with Gasteiger partial charge in [-0.25, -0.2) is 4.79 Å². The maximum atomic E-state index is 10.9. The van der Waals surface area contributed by atoms with E-state index in [2.05, 4.69) is 39.8 Å². The molecule has 2 rings (SSSR count). The lowest BCUT2D eigenvalue weighted by Gasteiger charge is -2.23. The molecule has 0 atom stereocenters. The molecule has 0 spiro atoms. The van der Waals surface area contributed by atoms with Crippen molar-refractivity contribution in [3.05, 3.63) is 59.2 Å². The Morgan fingerprint density at radius 1 is 1.09 bits per heavy atom. The second-order valence-electron chi connectivity index (χ2n) is 6.37. The van der Waals surface area contributed by atoms with E-state index < -0.39 is 5.97 Å². The lowest BCUT2D eigenvalue weighted by molar-refractivity contribution is 0.0697. The predicted molar refractivity (Wildman–Crippen MR) is 88.0 cm³/mol. The summed E-state index contributed by atoms with van der Waals surface area (Å²) in [7, 11) is 0. The second kappa shape index (κ2) is 6.22. The van der Waals surface area contributed by atoms with E-state index in [9.17, 15) is 4.79 Å². The Kier molecular flexibility index (Phi) is 4.55. The molecular weight excluding hydrogens is 276 g/mol. The first-order valence-corrected chi connectivity index (χ1v) is 7.46. The van der Waals surface area contributed by atoms with Crippen molar-refractivity contribution in [2.75, 3.05) is 0 Å². The highest BCUT2D eigenvalue weighted by molar-refractivity contribution is 5.87. The lowest BCUT2D eigenvalue weighted by Crippen LogP contribution is -2.13. The van der Waals surface area contributed by atoms with E-state index in [1.807, 2.05) is 6.07 Å². The molecule has 0 aromatic heterocycles. The van der Waals surface area contributed by atoms with Gasteiger partial charge in [0.2, 0.25) is 0 Å². The van der Waals surface area contributed by atoms with Gasteiger partial charge >= 0.3 is 5.97 Å². The minimum Gasteiger partial charge on any atom is -0.478 e. The van der Waals surface area contributed by atoms with Crippen molar-refractivity contribution in [3.8, 4) is 11.5 Å². The van der Waals surface area contributed by atoms with E-state index >= 15 is 0 Å². The Hall–Kier alpha value is -2.29. The number of ether oxygens (including phenoxy) is 1. The molecule has 116 valence electrons. The third-order valence-electron chi connectivity index (χ3n) is 3.59. The Bertz CT molecular complexity index is 664. The van der Waals surface area contributed by atoms with Gasteiger partial charge in [-0.2, -0.15) is 0 Å². The minimum atomic E-state index is -0.936. The zero-order valence-corrected chi connectivity index (χ0v) is 13.5. The van der Waals surface area contributed by atoms with Crippen molar-refractivity contribution >= 4 is 5.97 Å². The van der Waals surface area contributed by atoms with E-state index in [0.29, 0.717) is 5.75 Å². The van der Waals surface area contributed by atoms with Gasteiger partial charge in [0.15, 0.2) is 0 Å². The SMILES string of the molecule is CCc1ccc(Oc2ccc(C(=O)O)cc2)c(C(C)(C)C)c1. The number of aryl methyl sites for hydroxylation is 1. The molecule has 0 saturated carbocycles. The number of hydrogen-bond donors (Lipinski definition) is 1. The standard InChI is InChI=1S/C19H22O3/c1-5-13-6-11-17(16(12-13)19(2,3)4)22-15-9-7-14(8-10-15)18(20)21/h6-12H,5H2,1-4H3,(H,20,21). The molecule has 2 aromatic rings. The van der Waals surface area contributed by atoms with E-state index in [-0.39, 0.29) is 11.0 Å². The van der Waals surface area contributed by atoms with Crippen molar-refractivity contribution in [1.29, 1.82) is 0 Å². The fraction of sp³-hybridized carbons (Fsp3) is 0.316. The first-order valence-electron chi connectivity index (χ1n) is 7.46. The van der Waals surface area contributed by atoms with Gasteiger partial charge in [0.05, 0.1) is 5.56 Å². The van der Waals surface area contributed by atoms with Gasteiger partial charge < -0.3 is 9.84 Å². The monoisotopic (exact) mass is 298 g/mol. The first-order chi connectivity index (χ1) is 10.3. The highest BCUT2D eigenvalue weighted by Gasteiger charge is 2.20. The molecule has 0 unspecified atom stereocenters. The quantitative estimate of drug-likeness (QED) is 0.860. The highest BCUT2D eigenvalue weighted by Crippen LogP contribution is 2.35. The summed E-state index contributed by atoms with van der Waals surface area (Å²) in [5, 5.41) is 8.93. The normalized spacial score (nSPS) is 11.3. The van der Waals surface area contributed by atoms with Crippen molar-refractivity contribution in [3.63, 3.8) is 0 Å². The number of carboxylic acids is 1. The highest BCUT2D eigenvalue weighted by atomic mass is 16.5. The average Bonchev–Trinajstić information content (AvgIpc) is 2.47. The fourth-order valence-corrected chi connectivity index (χ4v) is 2.26. The Morgan fingerprint density at radius 2 is 1.73 bits per heavy atom. The Balaban J connectivity index is 2.34. The molecule has 0 heterocycles. The van der Waals surface area contributed by atoms with E-state index in [1.54, 1.807) is 24.3 Å². The summed E-state index contributed by atoms with van der Waals surface area (Å²) in [4.78, 5) is 10.9. The summed E-state index contributed by atoms with van der Waals surface area (Å²) in [6.45, 7) is 8.60. The molecule has 0 fully saturated rings. The van der Waals surface area contributed by atoms with Gasteiger partial charge in [-0.15, -0.1) is 0 Å². The summed E-state index contributed by atoms with van der Waals surface area (Å²) >= 11 is 0. The lowest BCUT2D eigenvalue weighted by atomic mass is 9.85. The van der Waals surface area contributed by atoms with Gasteiger partial charge in [0, 0.05) is 5.56 Å². The number of aromatic carboxylic acids is 1. The van der Waals surface area contributed by atoms with Gasteiger partial charge in [-0.1, -0.05) is 39.8 Å². The Morgan fingerprint density at radius 3 is 2.23 bits per heavy atom.